The van der Waals surface area contributed by atoms with E-state index in [0.717, 1.165) is 37.4 Å². The van der Waals surface area contributed by atoms with Crippen LogP contribution in [0.5, 0.6) is 0 Å². The van der Waals surface area contributed by atoms with Crippen molar-refractivity contribution in [3.8, 4) is 11.5 Å². The summed E-state index contributed by atoms with van der Waals surface area (Å²) in [5.41, 5.74) is 2.61. The Bertz CT molecular complexity index is 1110. The van der Waals surface area contributed by atoms with Gasteiger partial charge in [-0.05, 0) is 54.2 Å². The van der Waals surface area contributed by atoms with Crippen molar-refractivity contribution in [3.05, 3.63) is 65.8 Å². The maximum atomic E-state index is 13.5. The predicted octanol–water partition coefficient (Wildman–Crippen LogP) is 4.01. The minimum atomic E-state index is -2.81. The Morgan fingerprint density at radius 3 is 2.34 bits per heavy atom. The van der Waals surface area contributed by atoms with Gasteiger partial charge in [0.1, 0.15) is 5.82 Å². The van der Waals surface area contributed by atoms with Crippen LogP contribution in [0.25, 0.3) is 11.5 Å². The average molecular weight is 459 g/mol. The van der Waals surface area contributed by atoms with Gasteiger partial charge in [0, 0.05) is 42.8 Å². The van der Waals surface area contributed by atoms with Crippen LogP contribution in [-0.2, 0) is 6.54 Å². The summed E-state index contributed by atoms with van der Waals surface area (Å²) in [6.45, 7) is 4.29. The first-order valence-corrected chi connectivity index (χ1v) is 10.6. The zero-order valence-electron chi connectivity index (χ0n) is 17.0. The van der Waals surface area contributed by atoms with Crippen molar-refractivity contribution in [2.45, 2.75) is 13.0 Å². The van der Waals surface area contributed by atoms with E-state index in [-0.39, 0.29) is 11.7 Å². The second kappa shape index (κ2) is 8.18. The summed E-state index contributed by atoms with van der Waals surface area (Å²) in [5.74, 6) is -0.973. The molecule has 1 spiro atoms. The molecule has 0 saturated carbocycles. The van der Waals surface area contributed by atoms with Crippen molar-refractivity contribution in [1.82, 2.24) is 20.4 Å². The number of alkyl halides is 2. The second-order valence-electron chi connectivity index (χ2n) is 8.25. The lowest BCUT2D eigenvalue weighted by molar-refractivity contribution is 0.00757. The number of thiocarbonyl (C=S) groups is 1. The molecule has 0 radical (unpaired) electrons. The summed E-state index contributed by atoms with van der Waals surface area (Å²) in [5, 5.41) is 11.0. The van der Waals surface area contributed by atoms with Crippen LogP contribution in [0.4, 0.5) is 18.9 Å². The van der Waals surface area contributed by atoms with Crippen LogP contribution in [0.15, 0.2) is 52.9 Å². The van der Waals surface area contributed by atoms with Crippen molar-refractivity contribution in [3.63, 3.8) is 0 Å². The Balaban J connectivity index is 1.34. The number of anilines is 1. The topological polar surface area (TPSA) is 57.4 Å². The smallest absolute Gasteiger partial charge is 0.314 e. The molecule has 6 nitrogen and oxygen atoms in total. The number of nitrogens with one attached hydrogen (secondary N) is 1. The van der Waals surface area contributed by atoms with Gasteiger partial charge in [-0.2, -0.15) is 8.78 Å². The van der Waals surface area contributed by atoms with Crippen molar-refractivity contribution in [1.29, 1.82) is 0 Å². The van der Waals surface area contributed by atoms with Gasteiger partial charge in [-0.3, -0.25) is 0 Å². The molecule has 0 unspecified atom stereocenters. The first-order chi connectivity index (χ1) is 15.4. The molecule has 2 saturated heterocycles. The molecule has 1 aromatic heterocycles. The normalized spacial score (nSPS) is 16.7. The van der Waals surface area contributed by atoms with Gasteiger partial charge in [0.25, 0.3) is 5.89 Å². The van der Waals surface area contributed by atoms with E-state index in [9.17, 15) is 13.2 Å². The molecule has 0 bridgehead atoms. The highest BCUT2D eigenvalue weighted by Crippen LogP contribution is 2.36. The highest BCUT2D eigenvalue weighted by Gasteiger charge is 2.49. The van der Waals surface area contributed by atoms with E-state index in [0.29, 0.717) is 22.6 Å². The summed E-state index contributed by atoms with van der Waals surface area (Å²) >= 11 is 5.80. The summed E-state index contributed by atoms with van der Waals surface area (Å²) in [6.07, 6.45) is -2.81. The van der Waals surface area contributed by atoms with Gasteiger partial charge in [-0.1, -0.05) is 12.1 Å². The number of halogens is 3. The molecular formula is C22H20F3N5OS. The van der Waals surface area contributed by atoms with E-state index in [1.54, 1.807) is 24.3 Å². The lowest BCUT2D eigenvalue weighted by atomic mass is 9.75. The summed E-state index contributed by atoms with van der Waals surface area (Å²) < 4.78 is 43.9. The number of likely N-dealkylation sites (tertiary alicyclic amines) is 1. The Hall–Kier alpha value is -2.98. The van der Waals surface area contributed by atoms with Crippen molar-refractivity contribution < 1.29 is 17.6 Å². The number of hydrogen-bond acceptors (Lipinski definition) is 5. The molecule has 10 heteroatoms. The van der Waals surface area contributed by atoms with Crippen LogP contribution in [0.2, 0.25) is 0 Å². The van der Waals surface area contributed by atoms with E-state index >= 15 is 0 Å². The largest absolute Gasteiger partial charge is 0.415 e. The van der Waals surface area contributed by atoms with Crippen molar-refractivity contribution in [2.24, 2.45) is 5.41 Å². The van der Waals surface area contributed by atoms with E-state index in [1.807, 2.05) is 17.0 Å². The predicted molar refractivity (Wildman–Crippen MR) is 117 cm³/mol. The van der Waals surface area contributed by atoms with Gasteiger partial charge in [0.15, 0.2) is 5.11 Å². The number of hydrogen-bond donors (Lipinski definition) is 1. The van der Waals surface area contributed by atoms with Gasteiger partial charge >= 0.3 is 6.43 Å². The second-order valence-corrected chi connectivity index (χ2v) is 8.61. The van der Waals surface area contributed by atoms with E-state index in [1.165, 1.54) is 12.1 Å². The molecule has 3 heterocycles. The lowest BCUT2D eigenvalue weighted by Crippen LogP contribution is -2.73. The molecule has 0 aliphatic carbocycles. The summed E-state index contributed by atoms with van der Waals surface area (Å²) in [4.78, 5) is 4.14. The number of nitrogens with zero attached hydrogens (tertiary/aromatic N) is 4. The lowest BCUT2D eigenvalue weighted by Gasteiger charge is -2.57. The third kappa shape index (κ3) is 3.95. The molecule has 0 amide bonds. The van der Waals surface area contributed by atoms with Gasteiger partial charge in [-0.15, -0.1) is 10.2 Å². The van der Waals surface area contributed by atoms with E-state index in [2.05, 4.69) is 20.4 Å². The molecular weight excluding hydrogens is 439 g/mol. The minimum Gasteiger partial charge on any atom is -0.415 e. The molecule has 166 valence electrons. The number of rotatable bonds is 5. The number of aromatic nitrogens is 2. The SMILES string of the molecule is Fc1ccc(N(Cc2ccc(-c3nnc(C(F)F)o3)cc2)C(=S)N2CC3(CNC3)C2)cc1. The quantitative estimate of drug-likeness (QED) is 0.579. The fourth-order valence-electron chi connectivity index (χ4n) is 4.04. The van der Waals surface area contributed by atoms with Crippen molar-refractivity contribution >= 4 is 23.0 Å². The molecule has 2 aromatic carbocycles. The molecule has 32 heavy (non-hydrogen) atoms. The third-order valence-corrected chi connectivity index (χ3v) is 6.34. The van der Waals surface area contributed by atoms with Gasteiger partial charge in [0.2, 0.25) is 5.89 Å². The Labute approximate surface area is 188 Å². The monoisotopic (exact) mass is 459 g/mol. The fraction of sp³-hybridized carbons (Fsp3) is 0.318. The zero-order valence-corrected chi connectivity index (χ0v) is 17.8. The third-order valence-electron chi connectivity index (χ3n) is 5.86. The molecule has 0 atom stereocenters. The molecule has 5 rings (SSSR count). The standard InChI is InChI=1S/C22H20F3N5OS/c23-16-5-7-17(8-6-16)30(21(32)29-12-22(13-29)10-26-11-22)9-14-1-3-15(4-2-14)19-27-28-20(31-19)18(24)25/h1-8,18,26H,9-13H2. The highest BCUT2D eigenvalue weighted by molar-refractivity contribution is 7.80. The summed E-state index contributed by atoms with van der Waals surface area (Å²) in [6, 6.07) is 13.4. The van der Waals surface area contributed by atoms with Crippen molar-refractivity contribution in [2.75, 3.05) is 31.1 Å². The number of benzene rings is 2. The minimum absolute atomic E-state index is 0.0396. The van der Waals surface area contributed by atoms with Gasteiger partial charge < -0.3 is 19.5 Å². The van der Waals surface area contributed by atoms with Crippen LogP contribution in [0.3, 0.4) is 0 Å². The Kier molecular flexibility index (Phi) is 5.34. The van der Waals surface area contributed by atoms with Crippen LogP contribution < -0.4 is 10.2 Å². The average Bonchev–Trinajstić information content (AvgIpc) is 3.22. The van der Waals surface area contributed by atoms with Crippen LogP contribution in [0, 0.1) is 11.2 Å². The molecule has 1 N–H and O–H groups in total. The van der Waals surface area contributed by atoms with E-state index < -0.39 is 12.3 Å². The van der Waals surface area contributed by atoms with Gasteiger partial charge in [-0.25, -0.2) is 4.39 Å². The van der Waals surface area contributed by atoms with Crippen LogP contribution >= 0.6 is 12.2 Å². The Morgan fingerprint density at radius 1 is 1.09 bits per heavy atom. The first kappa shape index (κ1) is 20.9. The van der Waals surface area contributed by atoms with Gasteiger partial charge in [0.05, 0.1) is 6.54 Å². The van der Waals surface area contributed by atoms with E-state index in [4.69, 9.17) is 16.6 Å². The molecule has 3 aromatic rings. The fourth-order valence-corrected chi connectivity index (χ4v) is 4.34. The maximum Gasteiger partial charge on any atom is 0.314 e. The van der Waals surface area contributed by atoms with Crippen LogP contribution in [-0.4, -0.2) is 46.4 Å². The first-order valence-electron chi connectivity index (χ1n) is 10.2. The Morgan fingerprint density at radius 2 is 1.78 bits per heavy atom. The highest BCUT2D eigenvalue weighted by atomic mass is 32.1. The van der Waals surface area contributed by atoms with Crippen LogP contribution in [0.1, 0.15) is 17.9 Å². The molecule has 2 aliphatic rings. The zero-order chi connectivity index (χ0) is 22.3. The summed E-state index contributed by atoms with van der Waals surface area (Å²) in [7, 11) is 0. The molecule has 2 aliphatic heterocycles. The molecule has 2 fully saturated rings. The maximum absolute atomic E-state index is 13.5.